The van der Waals surface area contributed by atoms with Crippen LogP contribution in [-0.2, 0) is 7.05 Å². The van der Waals surface area contributed by atoms with Crippen molar-refractivity contribution in [3.63, 3.8) is 0 Å². The molecule has 0 bridgehead atoms. The van der Waals surface area contributed by atoms with Gasteiger partial charge in [-0.3, -0.25) is 9.78 Å². The molecule has 27 heavy (non-hydrogen) atoms. The summed E-state index contributed by atoms with van der Waals surface area (Å²) in [5.74, 6) is -0.815. The third-order valence-electron chi connectivity index (χ3n) is 3.96. The van der Waals surface area contributed by atoms with Crippen LogP contribution in [0.1, 0.15) is 15.8 Å². The highest BCUT2D eigenvalue weighted by Gasteiger charge is 2.09. The van der Waals surface area contributed by atoms with Gasteiger partial charge in [-0.05, 0) is 41.7 Å². The number of imidazole rings is 1. The highest BCUT2D eigenvalue weighted by atomic mass is 16.5. The molecule has 1 aromatic carbocycles. The molecule has 1 N–H and O–H groups in total. The normalized spacial score (nSPS) is 12.8. The molecule has 0 fully saturated rings. The largest absolute Gasteiger partial charge is 0.497 e. The van der Waals surface area contributed by atoms with Crippen molar-refractivity contribution in [2.75, 3.05) is 12.4 Å². The minimum Gasteiger partial charge on any atom is -0.497 e. The summed E-state index contributed by atoms with van der Waals surface area (Å²) in [6.07, 6.45) is 6.59. The van der Waals surface area contributed by atoms with Crippen molar-refractivity contribution >= 4 is 22.5 Å². The lowest BCUT2D eigenvalue weighted by atomic mass is 10.1. The van der Waals surface area contributed by atoms with Gasteiger partial charge in [-0.25, -0.2) is 9.97 Å². The van der Waals surface area contributed by atoms with Gasteiger partial charge in [0.25, 0.3) is 5.91 Å². The highest BCUT2D eigenvalue weighted by molar-refractivity contribution is 6.04. The van der Waals surface area contributed by atoms with Gasteiger partial charge in [0.1, 0.15) is 11.6 Å². The predicted molar refractivity (Wildman–Crippen MR) is 103 cm³/mol. The lowest BCUT2D eigenvalue weighted by molar-refractivity contribution is 0.102. The molecule has 0 saturated carbocycles. The molecule has 4 aromatic rings. The van der Waals surface area contributed by atoms with Crippen LogP contribution in [0.2, 0.25) is 0 Å². The summed E-state index contributed by atoms with van der Waals surface area (Å²) in [5, 5.41) is 4.08. The molecule has 0 saturated heterocycles. The molecule has 0 aliphatic carbocycles. The molecule has 0 aliphatic heterocycles. The number of amides is 1. The van der Waals surface area contributed by atoms with Crippen molar-refractivity contribution in [1.29, 1.82) is 0 Å². The van der Waals surface area contributed by atoms with Gasteiger partial charge in [-0.1, -0.05) is 0 Å². The van der Waals surface area contributed by atoms with Crippen molar-refractivity contribution in [2.45, 2.75) is 0 Å². The number of carbonyl (C=O) groups excluding carboxylic acids is 1. The molecule has 3 aromatic heterocycles. The van der Waals surface area contributed by atoms with Gasteiger partial charge in [0.15, 0.2) is 0 Å². The van der Waals surface area contributed by atoms with Gasteiger partial charge in [0.2, 0.25) is 0 Å². The van der Waals surface area contributed by atoms with E-state index in [1.54, 1.807) is 31.0 Å². The van der Waals surface area contributed by atoms with Crippen LogP contribution in [0.3, 0.4) is 0 Å². The number of aromatic nitrogens is 4. The Morgan fingerprint density at radius 1 is 1.11 bits per heavy atom. The van der Waals surface area contributed by atoms with Crippen LogP contribution in [0.5, 0.6) is 5.75 Å². The van der Waals surface area contributed by atoms with E-state index in [1.165, 1.54) is 7.11 Å². The first kappa shape index (κ1) is 12.6. The third kappa shape index (κ3) is 3.35. The first-order chi connectivity index (χ1) is 14.8. The average Bonchev–Trinajstić information content (AvgIpc) is 3.18. The van der Waals surface area contributed by atoms with Crippen molar-refractivity contribution in [3.8, 4) is 17.1 Å². The molecule has 7 heteroatoms. The number of fused-ring (bicyclic) bond motifs is 1. The zero-order chi connectivity index (χ0) is 22.3. The number of methoxy groups -OCH3 is 1. The molecule has 0 aliphatic rings. The molecule has 0 unspecified atom stereocenters. The van der Waals surface area contributed by atoms with Crippen LogP contribution < -0.4 is 10.1 Å². The quantitative estimate of drug-likeness (QED) is 0.602. The summed E-state index contributed by atoms with van der Waals surface area (Å²) >= 11 is 0. The van der Waals surface area contributed by atoms with E-state index in [9.17, 15) is 4.79 Å². The van der Waals surface area contributed by atoms with Crippen LogP contribution >= 0.6 is 0 Å². The second-order valence-electron chi connectivity index (χ2n) is 5.74. The topological polar surface area (TPSA) is 81.9 Å². The Hall–Kier alpha value is -3.74. The standard InChI is InChI=1S/C20H17N5O2/c1-25-12-21-11-18(25)17-7-14-8-19(23-10-15(14)9-22-17)24-20(26)13-3-5-16(27-2)6-4-13/h3-12H,1-2H3,(H,23,24,26)/i3D,4D,5D,6D. The molecular weight excluding hydrogens is 342 g/mol. The fourth-order valence-corrected chi connectivity index (χ4v) is 2.55. The number of nitrogens with one attached hydrogen (secondary N) is 1. The minimum atomic E-state index is -0.799. The summed E-state index contributed by atoms with van der Waals surface area (Å²) in [6, 6.07) is 1.67. The lowest BCUT2D eigenvalue weighted by Crippen LogP contribution is -2.12. The zero-order valence-electron chi connectivity index (χ0n) is 18.6. The first-order valence-electron chi connectivity index (χ1n) is 10.00. The number of aryl methyl sites for hydroxylation is 1. The Balaban J connectivity index is 1.70. The molecule has 0 radical (unpaired) electrons. The van der Waals surface area contributed by atoms with Crippen LogP contribution in [0.15, 0.2) is 61.2 Å². The van der Waals surface area contributed by atoms with E-state index in [2.05, 4.69) is 20.3 Å². The number of carbonyl (C=O) groups is 1. The Morgan fingerprint density at radius 2 is 1.89 bits per heavy atom. The lowest BCUT2D eigenvalue weighted by Gasteiger charge is -2.08. The Kier molecular flexibility index (Phi) is 3.20. The SMILES string of the molecule is [2H]c1c([2H])c(C(=O)Nc2cc3cc(-c4cncn4C)ncc3cn2)c([2H])c([2H])c1OC. The first-order valence-corrected chi connectivity index (χ1v) is 8.00. The second kappa shape index (κ2) is 6.87. The highest BCUT2D eigenvalue weighted by Crippen LogP contribution is 2.23. The number of anilines is 1. The molecular formula is C20H17N5O2. The van der Waals surface area contributed by atoms with E-state index >= 15 is 0 Å². The monoisotopic (exact) mass is 363 g/mol. The van der Waals surface area contributed by atoms with Crippen molar-refractivity contribution in [3.05, 3.63) is 66.8 Å². The number of nitrogens with zero attached hydrogens (tertiary/aromatic N) is 4. The summed E-state index contributed by atoms with van der Waals surface area (Å²) in [7, 11) is 3.11. The van der Waals surface area contributed by atoms with Gasteiger partial charge in [-0.2, -0.15) is 0 Å². The van der Waals surface area contributed by atoms with Gasteiger partial charge in [0.05, 0.1) is 36.5 Å². The Labute approximate surface area is 161 Å². The van der Waals surface area contributed by atoms with Crippen molar-refractivity contribution in [2.24, 2.45) is 7.05 Å². The third-order valence-corrected chi connectivity index (χ3v) is 3.96. The molecule has 0 atom stereocenters. The van der Waals surface area contributed by atoms with E-state index in [0.717, 1.165) is 16.5 Å². The Bertz CT molecular complexity index is 1310. The predicted octanol–water partition coefficient (Wildman–Crippen LogP) is 3.29. The molecule has 3 heterocycles. The average molecular weight is 363 g/mol. The van der Waals surface area contributed by atoms with E-state index in [4.69, 9.17) is 10.2 Å². The smallest absolute Gasteiger partial charge is 0.256 e. The van der Waals surface area contributed by atoms with Crippen molar-refractivity contribution in [1.82, 2.24) is 19.5 Å². The van der Waals surface area contributed by atoms with Crippen LogP contribution in [0.25, 0.3) is 22.2 Å². The maximum absolute atomic E-state index is 12.8. The molecule has 4 rings (SSSR count). The molecule has 7 nitrogen and oxygen atoms in total. The summed E-state index contributed by atoms with van der Waals surface area (Å²) in [6.45, 7) is 0. The second-order valence-corrected chi connectivity index (χ2v) is 5.74. The van der Waals surface area contributed by atoms with E-state index < -0.39 is 30.1 Å². The number of hydrogen-bond acceptors (Lipinski definition) is 5. The van der Waals surface area contributed by atoms with Crippen LogP contribution in [0, 0.1) is 0 Å². The van der Waals surface area contributed by atoms with Crippen LogP contribution in [-0.4, -0.2) is 32.5 Å². The number of benzene rings is 1. The van der Waals surface area contributed by atoms with Crippen molar-refractivity contribution < 1.29 is 15.0 Å². The van der Waals surface area contributed by atoms with Crippen LogP contribution in [0.4, 0.5) is 5.82 Å². The molecule has 1 amide bonds. The fraction of sp³-hybridized carbons (Fsp3) is 0.100. The zero-order valence-corrected chi connectivity index (χ0v) is 14.6. The summed E-state index contributed by atoms with van der Waals surface area (Å²) in [4.78, 5) is 25.5. The molecule has 0 spiro atoms. The summed E-state index contributed by atoms with van der Waals surface area (Å²) < 4.78 is 38.8. The Morgan fingerprint density at radius 3 is 2.59 bits per heavy atom. The number of pyridine rings is 2. The maximum atomic E-state index is 12.8. The maximum Gasteiger partial charge on any atom is 0.256 e. The molecule has 134 valence electrons. The van der Waals surface area contributed by atoms with E-state index in [-0.39, 0.29) is 17.1 Å². The summed E-state index contributed by atoms with van der Waals surface area (Å²) in [5.41, 5.74) is 1.14. The van der Waals surface area contributed by atoms with E-state index in [0.29, 0.717) is 5.69 Å². The van der Waals surface area contributed by atoms with E-state index in [1.807, 2.05) is 17.7 Å². The minimum absolute atomic E-state index is 0.201. The number of hydrogen-bond donors (Lipinski definition) is 1. The van der Waals surface area contributed by atoms with Gasteiger partial charge < -0.3 is 14.6 Å². The van der Waals surface area contributed by atoms with Gasteiger partial charge in [-0.15, -0.1) is 0 Å². The number of ether oxygens (including phenoxy) is 1. The van der Waals surface area contributed by atoms with Gasteiger partial charge in [0, 0.05) is 30.4 Å². The number of rotatable bonds is 4. The fourth-order valence-electron chi connectivity index (χ4n) is 2.55. The van der Waals surface area contributed by atoms with Gasteiger partial charge >= 0.3 is 0 Å².